The summed E-state index contributed by atoms with van der Waals surface area (Å²) in [4.78, 5) is 0. The lowest BCUT2D eigenvalue weighted by atomic mass is 9.97. The van der Waals surface area contributed by atoms with Gasteiger partial charge in [-0.2, -0.15) is 0 Å². The van der Waals surface area contributed by atoms with E-state index in [2.05, 4.69) is 36.9 Å². The number of hydrogen-bond acceptors (Lipinski definition) is 1. The lowest BCUT2D eigenvalue weighted by molar-refractivity contribution is 0.409. The molecule has 19 heavy (non-hydrogen) atoms. The minimum atomic E-state index is 0.149. The molecule has 0 heterocycles. The van der Waals surface area contributed by atoms with E-state index in [-0.39, 0.29) is 5.92 Å². The van der Waals surface area contributed by atoms with Crippen molar-refractivity contribution in [1.82, 2.24) is 0 Å². The van der Waals surface area contributed by atoms with E-state index in [0.717, 1.165) is 11.3 Å². The number of benzene rings is 2. The summed E-state index contributed by atoms with van der Waals surface area (Å²) in [6, 6.07) is 18.3. The van der Waals surface area contributed by atoms with E-state index >= 15 is 0 Å². The van der Waals surface area contributed by atoms with E-state index in [4.69, 9.17) is 4.74 Å². The van der Waals surface area contributed by atoms with Crippen molar-refractivity contribution in [3.05, 3.63) is 84.5 Å². The summed E-state index contributed by atoms with van der Waals surface area (Å²) in [5.74, 6) is 1.04. The van der Waals surface area contributed by atoms with E-state index in [1.54, 1.807) is 7.11 Å². The van der Waals surface area contributed by atoms with Gasteiger partial charge in [-0.15, -0.1) is 6.58 Å². The van der Waals surface area contributed by atoms with Gasteiger partial charge < -0.3 is 4.74 Å². The Morgan fingerprint density at radius 1 is 1.00 bits per heavy atom. The van der Waals surface area contributed by atoms with Crippen molar-refractivity contribution in [2.24, 2.45) is 0 Å². The molecule has 0 amide bonds. The molecule has 0 unspecified atom stereocenters. The molecule has 0 bridgehead atoms. The van der Waals surface area contributed by atoms with E-state index in [1.165, 1.54) is 5.56 Å². The summed E-state index contributed by atoms with van der Waals surface area (Å²) >= 11 is 0. The highest BCUT2D eigenvalue weighted by Gasteiger charge is 2.08. The normalized spacial score (nSPS) is 12.3. The molecule has 2 aromatic rings. The minimum Gasteiger partial charge on any atom is -0.496 e. The summed E-state index contributed by atoms with van der Waals surface area (Å²) in [5, 5.41) is 0. The van der Waals surface area contributed by atoms with Crippen LogP contribution in [0.5, 0.6) is 5.75 Å². The van der Waals surface area contributed by atoms with Gasteiger partial charge in [0, 0.05) is 11.5 Å². The average Bonchev–Trinajstić information content (AvgIpc) is 2.49. The molecule has 0 radical (unpaired) electrons. The maximum Gasteiger partial charge on any atom is 0.122 e. The minimum absolute atomic E-state index is 0.149. The first-order valence-corrected chi connectivity index (χ1v) is 6.34. The first-order valence-electron chi connectivity index (χ1n) is 6.34. The molecule has 0 aliphatic carbocycles. The fraction of sp³-hybridized carbons (Fsp3) is 0.111. The number of methoxy groups -OCH3 is 1. The highest BCUT2D eigenvalue weighted by Crippen LogP contribution is 2.28. The van der Waals surface area contributed by atoms with Crippen LogP contribution in [-0.4, -0.2) is 7.11 Å². The SMILES string of the molecule is C=C[C@H](/C=C/c1ccccc1)c1ccccc1OC. The molecule has 2 aromatic carbocycles. The summed E-state index contributed by atoms with van der Waals surface area (Å²) in [7, 11) is 1.69. The van der Waals surface area contributed by atoms with Gasteiger partial charge in [0.05, 0.1) is 7.11 Å². The van der Waals surface area contributed by atoms with Gasteiger partial charge in [0.25, 0.3) is 0 Å². The van der Waals surface area contributed by atoms with Crippen molar-refractivity contribution in [3.8, 4) is 5.75 Å². The Morgan fingerprint density at radius 2 is 1.68 bits per heavy atom. The molecule has 1 nitrogen and oxygen atoms in total. The Hall–Kier alpha value is -2.28. The highest BCUT2D eigenvalue weighted by atomic mass is 16.5. The van der Waals surface area contributed by atoms with E-state index in [0.29, 0.717) is 0 Å². The Balaban J connectivity index is 2.25. The molecular formula is C18H18O. The fourth-order valence-corrected chi connectivity index (χ4v) is 2.03. The van der Waals surface area contributed by atoms with Crippen molar-refractivity contribution in [1.29, 1.82) is 0 Å². The van der Waals surface area contributed by atoms with Crippen LogP contribution in [0.4, 0.5) is 0 Å². The Kier molecular flexibility index (Phi) is 4.57. The number of hydrogen-bond donors (Lipinski definition) is 0. The van der Waals surface area contributed by atoms with Crippen LogP contribution in [0.2, 0.25) is 0 Å². The predicted molar refractivity (Wildman–Crippen MR) is 81.4 cm³/mol. The van der Waals surface area contributed by atoms with E-state index in [1.807, 2.05) is 42.5 Å². The van der Waals surface area contributed by atoms with Gasteiger partial charge in [0.1, 0.15) is 5.75 Å². The van der Waals surface area contributed by atoms with Gasteiger partial charge in [-0.25, -0.2) is 0 Å². The molecule has 0 fully saturated rings. The van der Waals surface area contributed by atoms with E-state index < -0.39 is 0 Å². The van der Waals surface area contributed by atoms with Crippen molar-refractivity contribution in [3.63, 3.8) is 0 Å². The molecule has 2 rings (SSSR count). The summed E-state index contributed by atoms with van der Waals surface area (Å²) in [5.41, 5.74) is 2.32. The Bertz CT molecular complexity index is 555. The zero-order valence-electron chi connectivity index (χ0n) is 11.1. The smallest absolute Gasteiger partial charge is 0.122 e. The van der Waals surface area contributed by atoms with E-state index in [9.17, 15) is 0 Å². The fourth-order valence-electron chi connectivity index (χ4n) is 2.03. The maximum absolute atomic E-state index is 5.40. The van der Waals surface area contributed by atoms with Gasteiger partial charge in [0.15, 0.2) is 0 Å². The monoisotopic (exact) mass is 250 g/mol. The Labute approximate surface area is 114 Å². The first-order chi connectivity index (χ1) is 9.35. The maximum atomic E-state index is 5.40. The Morgan fingerprint density at radius 3 is 2.37 bits per heavy atom. The molecule has 1 heteroatoms. The molecule has 96 valence electrons. The van der Waals surface area contributed by atoms with Gasteiger partial charge in [-0.05, 0) is 11.6 Å². The molecule has 1 atom stereocenters. The van der Waals surface area contributed by atoms with Gasteiger partial charge in [0.2, 0.25) is 0 Å². The van der Waals surface area contributed by atoms with Gasteiger partial charge in [-0.1, -0.05) is 66.8 Å². The standard InChI is InChI=1S/C18H18O/c1-3-16(14-13-15-9-5-4-6-10-15)17-11-7-8-12-18(17)19-2/h3-14,16H,1H2,2H3/b14-13+/t16-/m1/s1. The summed E-state index contributed by atoms with van der Waals surface area (Å²) < 4.78 is 5.40. The average molecular weight is 250 g/mol. The van der Waals surface area contributed by atoms with Crippen LogP contribution < -0.4 is 4.74 Å². The molecule has 0 saturated carbocycles. The van der Waals surface area contributed by atoms with Crippen LogP contribution in [-0.2, 0) is 0 Å². The van der Waals surface area contributed by atoms with Crippen LogP contribution in [0, 0.1) is 0 Å². The third-order valence-corrected chi connectivity index (χ3v) is 3.05. The second kappa shape index (κ2) is 6.60. The quantitative estimate of drug-likeness (QED) is 0.700. The van der Waals surface area contributed by atoms with Crippen LogP contribution in [0.15, 0.2) is 73.3 Å². The number of ether oxygens (including phenoxy) is 1. The van der Waals surface area contributed by atoms with Crippen LogP contribution in [0.3, 0.4) is 0 Å². The molecule has 0 spiro atoms. The largest absolute Gasteiger partial charge is 0.496 e. The van der Waals surface area contributed by atoms with Crippen molar-refractivity contribution in [2.45, 2.75) is 5.92 Å². The molecule has 0 N–H and O–H groups in total. The van der Waals surface area contributed by atoms with Crippen molar-refractivity contribution in [2.75, 3.05) is 7.11 Å². The third kappa shape index (κ3) is 3.35. The van der Waals surface area contributed by atoms with Gasteiger partial charge in [-0.3, -0.25) is 0 Å². The van der Waals surface area contributed by atoms with Crippen LogP contribution in [0.25, 0.3) is 6.08 Å². The number of para-hydroxylation sites is 1. The summed E-state index contributed by atoms with van der Waals surface area (Å²) in [6.07, 6.45) is 6.18. The van der Waals surface area contributed by atoms with Crippen molar-refractivity contribution >= 4 is 6.08 Å². The molecular weight excluding hydrogens is 232 g/mol. The third-order valence-electron chi connectivity index (χ3n) is 3.05. The highest BCUT2D eigenvalue weighted by molar-refractivity contribution is 5.52. The lowest BCUT2D eigenvalue weighted by Crippen LogP contribution is -1.95. The number of allylic oxidation sites excluding steroid dienone is 2. The second-order valence-electron chi connectivity index (χ2n) is 4.27. The molecule has 0 saturated heterocycles. The predicted octanol–water partition coefficient (Wildman–Crippen LogP) is 4.68. The lowest BCUT2D eigenvalue weighted by Gasteiger charge is -2.12. The second-order valence-corrected chi connectivity index (χ2v) is 4.27. The zero-order chi connectivity index (χ0) is 13.5. The molecule has 0 aliphatic rings. The topological polar surface area (TPSA) is 9.23 Å². The summed E-state index contributed by atoms with van der Waals surface area (Å²) in [6.45, 7) is 3.92. The zero-order valence-corrected chi connectivity index (χ0v) is 11.1. The van der Waals surface area contributed by atoms with Crippen LogP contribution >= 0.6 is 0 Å². The first kappa shape index (κ1) is 13.2. The number of rotatable bonds is 5. The van der Waals surface area contributed by atoms with Gasteiger partial charge >= 0.3 is 0 Å². The molecule has 0 aromatic heterocycles. The van der Waals surface area contributed by atoms with Crippen LogP contribution in [0.1, 0.15) is 17.0 Å². The molecule has 0 aliphatic heterocycles. The van der Waals surface area contributed by atoms with Crippen molar-refractivity contribution < 1.29 is 4.74 Å².